The molecule has 0 aliphatic carbocycles. The van der Waals surface area contributed by atoms with Crippen molar-refractivity contribution in [2.24, 2.45) is 0 Å². The van der Waals surface area contributed by atoms with Crippen molar-refractivity contribution in [2.75, 3.05) is 0 Å². The van der Waals surface area contributed by atoms with Gasteiger partial charge in [0, 0.05) is 5.92 Å². The van der Waals surface area contributed by atoms with Crippen molar-refractivity contribution >= 4 is 11.9 Å². The van der Waals surface area contributed by atoms with Crippen molar-refractivity contribution in [2.45, 2.75) is 24.6 Å². The molecule has 0 fully saturated rings. The standard InChI is InChI=1S/C24H20F3NO3/c25-24(26,27)19-13-11-16(12-14-19)15-20(29)28-22(23(30)31)21(17-7-3-1-4-8-17)18-9-5-2-6-10-18/h1-14,21-22H,15H2,(H,28,29)(H,30,31)/t22-/m1/s1. The van der Waals surface area contributed by atoms with Gasteiger partial charge in [0.1, 0.15) is 6.04 Å². The molecule has 3 rings (SSSR count). The lowest BCUT2D eigenvalue weighted by molar-refractivity contribution is -0.142. The second-order valence-corrected chi connectivity index (χ2v) is 7.05. The number of carboxylic acids is 1. The molecule has 160 valence electrons. The van der Waals surface area contributed by atoms with Crippen LogP contribution >= 0.6 is 0 Å². The summed E-state index contributed by atoms with van der Waals surface area (Å²) in [6.07, 6.45) is -4.70. The van der Waals surface area contributed by atoms with Crippen LogP contribution in [0.3, 0.4) is 0 Å². The summed E-state index contributed by atoms with van der Waals surface area (Å²) in [5.41, 5.74) is 0.978. The number of hydrogen-bond acceptors (Lipinski definition) is 2. The number of carboxylic acid groups (broad SMARTS) is 1. The van der Waals surface area contributed by atoms with E-state index < -0.39 is 35.6 Å². The number of amides is 1. The Morgan fingerprint density at radius 1 is 0.806 bits per heavy atom. The average molecular weight is 427 g/mol. The monoisotopic (exact) mass is 427 g/mol. The van der Waals surface area contributed by atoms with Gasteiger partial charge in [0.2, 0.25) is 5.91 Å². The molecule has 0 aliphatic rings. The zero-order valence-corrected chi connectivity index (χ0v) is 16.3. The lowest BCUT2D eigenvalue weighted by Crippen LogP contribution is -2.46. The fourth-order valence-corrected chi connectivity index (χ4v) is 3.41. The molecule has 0 unspecified atom stereocenters. The zero-order chi connectivity index (χ0) is 22.4. The van der Waals surface area contributed by atoms with Crippen LogP contribution in [0.1, 0.15) is 28.2 Å². The number of carbonyl (C=O) groups is 2. The maximum Gasteiger partial charge on any atom is 0.416 e. The number of carbonyl (C=O) groups excluding carboxylic acids is 1. The van der Waals surface area contributed by atoms with Crippen LogP contribution in [0.2, 0.25) is 0 Å². The van der Waals surface area contributed by atoms with E-state index in [-0.39, 0.29) is 6.42 Å². The van der Waals surface area contributed by atoms with Crippen LogP contribution in [0.5, 0.6) is 0 Å². The highest BCUT2D eigenvalue weighted by Gasteiger charge is 2.33. The van der Waals surface area contributed by atoms with Gasteiger partial charge in [-0.15, -0.1) is 0 Å². The lowest BCUT2D eigenvalue weighted by atomic mass is 9.85. The van der Waals surface area contributed by atoms with Gasteiger partial charge in [-0.05, 0) is 28.8 Å². The Balaban J connectivity index is 1.83. The first kappa shape index (κ1) is 22.1. The van der Waals surface area contributed by atoms with Crippen molar-refractivity contribution in [1.82, 2.24) is 5.32 Å². The Hall–Kier alpha value is -3.61. The first-order chi connectivity index (χ1) is 14.8. The molecule has 4 nitrogen and oxygen atoms in total. The topological polar surface area (TPSA) is 66.4 Å². The number of nitrogens with one attached hydrogen (secondary N) is 1. The van der Waals surface area contributed by atoms with Gasteiger partial charge in [0.15, 0.2) is 0 Å². The van der Waals surface area contributed by atoms with E-state index in [1.807, 2.05) is 12.1 Å². The quantitative estimate of drug-likeness (QED) is 0.577. The summed E-state index contributed by atoms with van der Waals surface area (Å²) in [6.45, 7) is 0. The summed E-state index contributed by atoms with van der Waals surface area (Å²) in [7, 11) is 0. The van der Waals surface area contributed by atoms with Gasteiger partial charge in [-0.2, -0.15) is 13.2 Å². The number of benzene rings is 3. The highest BCUT2D eigenvalue weighted by atomic mass is 19.4. The molecule has 3 aromatic carbocycles. The van der Waals surface area contributed by atoms with Gasteiger partial charge >= 0.3 is 12.1 Å². The minimum atomic E-state index is -4.46. The second-order valence-electron chi connectivity index (χ2n) is 7.05. The average Bonchev–Trinajstić information content (AvgIpc) is 2.74. The molecule has 1 atom stereocenters. The van der Waals surface area contributed by atoms with Crippen LogP contribution in [-0.2, 0) is 22.2 Å². The molecule has 0 saturated carbocycles. The van der Waals surface area contributed by atoms with Crippen LogP contribution in [0.25, 0.3) is 0 Å². The lowest BCUT2D eigenvalue weighted by Gasteiger charge is -2.26. The first-order valence-corrected chi connectivity index (χ1v) is 9.54. The third-order valence-corrected chi connectivity index (χ3v) is 4.88. The third kappa shape index (κ3) is 5.72. The number of hydrogen-bond donors (Lipinski definition) is 2. The van der Waals surface area contributed by atoms with Crippen molar-refractivity contribution < 1.29 is 27.9 Å². The molecule has 0 bridgehead atoms. The van der Waals surface area contributed by atoms with Crippen LogP contribution < -0.4 is 5.32 Å². The molecule has 1 amide bonds. The van der Waals surface area contributed by atoms with E-state index in [2.05, 4.69) is 5.32 Å². The van der Waals surface area contributed by atoms with E-state index in [1.165, 1.54) is 12.1 Å². The first-order valence-electron chi connectivity index (χ1n) is 9.54. The third-order valence-electron chi connectivity index (χ3n) is 4.88. The fraction of sp³-hybridized carbons (Fsp3) is 0.167. The van der Waals surface area contributed by atoms with E-state index in [4.69, 9.17) is 0 Å². The SMILES string of the molecule is O=C(Cc1ccc(C(F)(F)F)cc1)N[C@@H](C(=O)O)C(c1ccccc1)c1ccccc1. The van der Waals surface area contributed by atoms with Crippen LogP contribution in [0, 0.1) is 0 Å². The number of halogens is 3. The summed E-state index contributed by atoms with van der Waals surface area (Å²) in [5.74, 6) is -2.45. The van der Waals surface area contributed by atoms with Crippen LogP contribution in [-0.4, -0.2) is 23.0 Å². The largest absolute Gasteiger partial charge is 0.480 e. The van der Waals surface area contributed by atoms with Gasteiger partial charge in [0.25, 0.3) is 0 Å². The summed E-state index contributed by atoms with van der Waals surface area (Å²) < 4.78 is 38.1. The molecule has 3 aromatic rings. The van der Waals surface area contributed by atoms with Crippen molar-refractivity contribution in [3.63, 3.8) is 0 Å². The van der Waals surface area contributed by atoms with Crippen molar-refractivity contribution in [1.29, 1.82) is 0 Å². The number of rotatable bonds is 7. The highest BCUT2D eigenvalue weighted by Crippen LogP contribution is 2.30. The van der Waals surface area contributed by atoms with Crippen molar-refractivity contribution in [3.8, 4) is 0 Å². The maximum atomic E-state index is 12.7. The van der Waals surface area contributed by atoms with E-state index in [9.17, 15) is 27.9 Å². The number of alkyl halides is 3. The fourth-order valence-electron chi connectivity index (χ4n) is 3.41. The molecular weight excluding hydrogens is 407 g/mol. The smallest absolute Gasteiger partial charge is 0.416 e. The van der Waals surface area contributed by atoms with Crippen LogP contribution in [0.15, 0.2) is 84.9 Å². The highest BCUT2D eigenvalue weighted by molar-refractivity contribution is 5.86. The van der Waals surface area contributed by atoms with Gasteiger partial charge in [-0.3, -0.25) is 4.79 Å². The molecule has 2 N–H and O–H groups in total. The number of aliphatic carboxylic acids is 1. The summed E-state index contributed by atoms with van der Waals surface area (Å²) in [6, 6.07) is 20.9. The van der Waals surface area contributed by atoms with Crippen molar-refractivity contribution in [3.05, 3.63) is 107 Å². The molecular formula is C24H20F3NO3. The minimum Gasteiger partial charge on any atom is -0.480 e. The Bertz CT molecular complexity index is 980. The Morgan fingerprint density at radius 2 is 1.29 bits per heavy atom. The molecule has 7 heteroatoms. The van der Waals surface area contributed by atoms with Gasteiger partial charge in [0.05, 0.1) is 12.0 Å². The molecule has 0 aliphatic heterocycles. The van der Waals surface area contributed by atoms with Crippen LogP contribution in [0.4, 0.5) is 13.2 Å². The van der Waals surface area contributed by atoms with Gasteiger partial charge in [-0.1, -0.05) is 72.8 Å². The molecule has 0 spiro atoms. The van der Waals surface area contributed by atoms with E-state index >= 15 is 0 Å². The summed E-state index contributed by atoms with van der Waals surface area (Å²) in [4.78, 5) is 24.7. The second kappa shape index (κ2) is 9.47. The minimum absolute atomic E-state index is 0.238. The predicted octanol–water partition coefficient (Wildman–Crippen LogP) is 4.65. The Morgan fingerprint density at radius 3 is 1.71 bits per heavy atom. The Kier molecular flexibility index (Phi) is 6.74. The maximum absolute atomic E-state index is 12.7. The molecule has 31 heavy (non-hydrogen) atoms. The normalized spacial score (nSPS) is 12.4. The molecule has 0 aromatic heterocycles. The van der Waals surface area contributed by atoms with E-state index in [1.54, 1.807) is 48.5 Å². The molecule has 0 radical (unpaired) electrons. The molecule has 0 heterocycles. The summed E-state index contributed by atoms with van der Waals surface area (Å²) in [5, 5.41) is 12.4. The molecule has 0 saturated heterocycles. The van der Waals surface area contributed by atoms with E-state index in [0.29, 0.717) is 5.56 Å². The Labute approximate surface area is 177 Å². The zero-order valence-electron chi connectivity index (χ0n) is 16.3. The van der Waals surface area contributed by atoms with Gasteiger partial charge < -0.3 is 10.4 Å². The summed E-state index contributed by atoms with van der Waals surface area (Å²) >= 11 is 0. The predicted molar refractivity (Wildman–Crippen MR) is 109 cm³/mol. The van der Waals surface area contributed by atoms with Gasteiger partial charge in [-0.25, -0.2) is 4.79 Å². The van der Waals surface area contributed by atoms with E-state index in [0.717, 1.165) is 23.3 Å².